The number of nitrogens with one attached hydrogen (secondary N) is 1. The highest BCUT2D eigenvalue weighted by Crippen LogP contribution is 2.18. The van der Waals surface area contributed by atoms with Crippen LogP contribution in [0.25, 0.3) is 0 Å². The number of ether oxygens (including phenoxy) is 1. The van der Waals surface area contributed by atoms with Gasteiger partial charge in [0.2, 0.25) is 5.91 Å². The first-order chi connectivity index (χ1) is 10.1. The molecule has 21 heavy (non-hydrogen) atoms. The molecular formula is C15H24N4O2. The average molecular weight is 292 g/mol. The summed E-state index contributed by atoms with van der Waals surface area (Å²) in [5.41, 5.74) is 6.74. The van der Waals surface area contributed by atoms with Crippen LogP contribution in [-0.2, 0) is 9.53 Å². The molecule has 1 aliphatic heterocycles. The van der Waals surface area contributed by atoms with Crippen molar-refractivity contribution in [2.45, 2.75) is 31.8 Å². The molecule has 6 heteroatoms. The number of aryl methyl sites for hydroxylation is 1. The van der Waals surface area contributed by atoms with E-state index in [9.17, 15) is 4.79 Å². The maximum Gasteiger partial charge on any atom is 0.239 e. The summed E-state index contributed by atoms with van der Waals surface area (Å²) < 4.78 is 4.90. The molecule has 0 spiro atoms. The number of hydrogen-bond acceptors (Lipinski definition) is 5. The van der Waals surface area contributed by atoms with Gasteiger partial charge in [-0.1, -0.05) is 6.07 Å². The van der Waals surface area contributed by atoms with E-state index in [1.165, 1.54) is 0 Å². The third-order valence-corrected chi connectivity index (χ3v) is 3.72. The van der Waals surface area contributed by atoms with Gasteiger partial charge in [-0.25, -0.2) is 4.98 Å². The van der Waals surface area contributed by atoms with Crippen LogP contribution in [0, 0.1) is 6.92 Å². The number of nitrogens with two attached hydrogens (primary N) is 1. The lowest BCUT2D eigenvalue weighted by atomic mass is 10.0. The number of nitrogens with zero attached hydrogens (tertiary/aromatic N) is 2. The number of aromatic nitrogens is 1. The molecule has 116 valence electrons. The molecule has 1 aromatic rings. The van der Waals surface area contributed by atoms with Crippen LogP contribution >= 0.6 is 0 Å². The minimum absolute atomic E-state index is 0.135. The smallest absolute Gasteiger partial charge is 0.239 e. The molecule has 0 radical (unpaired) electrons. The number of hydrogen-bond donors (Lipinski definition) is 2. The highest BCUT2D eigenvalue weighted by molar-refractivity contribution is 5.81. The molecule has 3 N–H and O–H groups in total. The average Bonchev–Trinajstić information content (AvgIpc) is 2.48. The van der Waals surface area contributed by atoms with Crippen LogP contribution in [0.1, 0.15) is 18.5 Å². The number of rotatable bonds is 5. The highest BCUT2D eigenvalue weighted by atomic mass is 16.5. The maximum atomic E-state index is 11.9. The topological polar surface area (TPSA) is 80.5 Å². The number of pyridine rings is 1. The molecule has 1 atom stereocenters. The van der Waals surface area contributed by atoms with Crippen molar-refractivity contribution in [3.8, 4) is 0 Å². The maximum absolute atomic E-state index is 11.9. The lowest BCUT2D eigenvalue weighted by Crippen LogP contribution is -2.51. The summed E-state index contributed by atoms with van der Waals surface area (Å²) in [5, 5.41) is 3.00. The second-order valence-corrected chi connectivity index (χ2v) is 5.47. The fourth-order valence-corrected chi connectivity index (χ4v) is 2.52. The van der Waals surface area contributed by atoms with Crippen LogP contribution in [0.15, 0.2) is 18.2 Å². The van der Waals surface area contributed by atoms with E-state index in [-0.39, 0.29) is 18.6 Å². The van der Waals surface area contributed by atoms with Crippen molar-refractivity contribution in [3.05, 3.63) is 23.9 Å². The van der Waals surface area contributed by atoms with Gasteiger partial charge in [0.25, 0.3) is 0 Å². The van der Waals surface area contributed by atoms with Crippen LogP contribution in [0.4, 0.5) is 5.82 Å². The van der Waals surface area contributed by atoms with Crippen LogP contribution in [0.5, 0.6) is 0 Å². The van der Waals surface area contributed by atoms with Crippen molar-refractivity contribution < 1.29 is 9.53 Å². The van der Waals surface area contributed by atoms with Gasteiger partial charge in [-0.3, -0.25) is 4.79 Å². The van der Waals surface area contributed by atoms with Crippen molar-refractivity contribution >= 4 is 11.7 Å². The summed E-state index contributed by atoms with van der Waals surface area (Å²) >= 11 is 0. The van der Waals surface area contributed by atoms with Crippen molar-refractivity contribution in [2.24, 2.45) is 5.73 Å². The second-order valence-electron chi connectivity index (χ2n) is 5.47. The molecule has 1 aliphatic rings. The van der Waals surface area contributed by atoms with Crippen LogP contribution in [0.2, 0.25) is 0 Å². The summed E-state index contributed by atoms with van der Waals surface area (Å²) in [7, 11) is 1.54. The van der Waals surface area contributed by atoms with E-state index in [2.05, 4.69) is 15.2 Å². The highest BCUT2D eigenvalue weighted by Gasteiger charge is 2.23. The molecule has 1 saturated heterocycles. The molecule has 1 aromatic heterocycles. The van der Waals surface area contributed by atoms with Crippen molar-refractivity contribution in [1.82, 2.24) is 10.3 Å². The molecular weight excluding hydrogens is 268 g/mol. The molecule has 1 amide bonds. The fraction of sp³-hybridized carbons (Fsp3) is 0.600. The van der Waals surface area contributed by atoms with Gasteiger partial charge in [-0.05, 0) is 31.9 Å². The molecule has 0 aromatic carbocycles. The lowest BCUT2D eigenvalue weighted by Gasteiger charge is -2.33. The number of carbonyl (C=O) groups excluding carboxylic acids is 1. The van der Waals surface area contributed by atoms with Gasteiger partial charge >= 0.3 is 0 Å². The summed E-state index contributed by atoms with van der Waals surface area (Å²) in [6.07, 6.45) is 1.81. The van der Waals surface area contributed by atoms with Gasteiger partial charge in [0, 0.05) is 31.9 Å². The first-order valence-electron chi connectivity index (χ1n) is 7.33. The molecule has 1 fully saturated rings. The molecule has 0 bridgehead atoms. The van der Waals surface area contributed by atoms with Crippen molar-refractivity contribution in [3.63, 3.8) is 0 Å². The Balaban J connectivity index is 1.82. The SMILES string of the molecule is COCC(N)C(=O)NC1CCN(c2cccc(C)n2)CC1. The van der Waals surface area contributed by atoms with Gasteiger partial charge < -0.3 is 20.7 Å². The van der Waals surface area contributed by atoms with E-state index in [1.54, 1.807) is 7.11 Å². The molecule has 2 rings (SSSR count). The third kappa shape index (κ3) is 4.41. The number of carbonyl (C=O) groups is 1. The quantitative estimate of drug-likeness (QED) is 0.823. The van der Waals surface area contributed by atoms with Crippen LogP contribution < -0.4 is 16.0 Å². The molecule has 0 saturated carbocycles. The summed E-state index contributed by atoms with van der Waals surface area (Å²) in [6.45, 7) is 4.02. The Morgan fingerprint density at radius 3 is 2.86 bits per heavy atom. The van der Waals surface area contributed by atoms with Gasteiger partial charge in [-0.15, -0.1) is 0 Å². The Morgan fingerprint density at radius 2 is 2.24 bits per heavy atom. The van der Waals surface area contributed by atoms with Crippen molar-refractivity contribution in [1.29, 1.82) is 0 Å². The first-order valence-corrected chi connectivity index (χ1v) is 7.33. The number of amides is 1. The number of anilines is 1. The van der Waals surface area contributed by atoms with Crippen LogP contribution in [-0.4, -0.2) is 49.8 Å². The van der Waals surface area contributed by atoms with E-state index in [4.69, 9.17) is 10.5 Å². The molecule has 2 heterocycles. The zero-order chi connectivity index (χ0) is 15.2. The molecule has 1 unspecified atom stereocenters. The normalized spacial score (nSPS) is 17.6. The third-order valence-electron chi connectivity index (χ3n) is 3.72. The largest absolute Gasteiger partial charge is 0.383 e. The van der Waals surface area contributed by atoms with Crippen LogP contribution in [0.3, 0.4) is 0 Å². The predicted molar refractivity (Wildman–Crippen MR) is 82.2 cm³/mol. The zero-order valence-electron chi connectivity index (χ0n) is 12.7. The monoisotopic (exact) mass is 292 g/mol. The summed E-state index contributed by atoms with van der Waals surface area (Å²) in [6, 6.07) is 5.64. The summed E-state index contributed by atoms with van der Waals surface area (Å²) in [5.74, 6) is 0.875. The molecule has 0 aliphatic carbocycles. The minimum atomic E-state index is -0.591. The predicted octanol–water partition coefficient (Wildman–Crippen LogP) is 0.449. The van der Waals surface area contributed by atoms with Gasteiger partial charge in [-0.2, -0.15) is 0 Å². The van der Waals surface area contributed by atoms with Gasteiger partial charge in [0.15, 0.2) is 0 Å². The van der Waals surface area contributed by atoms with E-state index in [0.717, 1.165) is 37.4 Å². The van der Waals surface area contributed by atoms with E-state index in [1.807, 2.05) is 25.1 Å². The molecule has 6 nitrogen and oxygen atoms in total. The van der Waals surface area contributed by atoms with E-state index >= 15 is 0 Å². The Bertz CT molecular complexity index is 472. The Labute approximate surface area is 125 Å². The lowest BCUT2D eigenvalue weighted by molar-refractivity contribution is -0.124. The standard InChI is InChI=1S/C15H24N4O2/c1-11-4-3-5-14(17-11)19-8-6-12(7-9-19)18-15(20)13(16)10-21-2/h3-5,12-13H,6-10,16H2,1-2H3,(H,18,20). The first kappa shape index (κ1) is 15.7. The van der Waals surface area contributed by atoms with E-state index < -0.39 is 6.04 Å². The fourth-order valence-electron chi connectivity index (χ4n) is 2.52. The number of piperidine rings is 1. The summed E-state index contributed by atoms with van der Waals surface area (Å²) in [4.78, 5) is 18.6. The van der Waals surface area contributed by atoms with Gasteiger partial charge in [0.1, 0.15) is 11.9 Å². The Morgan fingerprint density at radius 1 is 1.52 bits per heavy atom. The van der Waals surface area contributed by atoms with Gasteiger partial charge in [0.05, 0.1) is 6.61 Å². The Hall–Kier alpha value is -1.66. The van der Waals surface area contributed by atoms with E-state index in [0.29, 0.717) is 0 Å². The Kier molecular flexibility index (Phi) is 5.52. The van der Waals surface area contributed by atoms with Crippen molar-refractivity contribution in [2.75, 3.05) is 31.7 Å². The minimum Gasteiger partial charge on any atom is -0.383 e. The number of methoxy groups -OCH3 is 1. The zero-order valence-corrected chi connectivity index (χ0v) is 12.7. The second kappa shape index (κ2) is 7.38.